The number of hydrogen-bond acceptors (Lipinski definition) is 4. The maximum atomic E-state index is 11.4. The SMILES string of the molecule is NS(=O)(=O)C1CCN(CC(O)Cc2ccc3ccccc3c2)CC1. The molecule has 1 aliphatic rings. The molecule has 2 aromatic carbocycles. The van der Waals surface area contributed by atoms with E-state index >= 15 is 0 Å². The van der Waals surface area contributed by atoms with Gasteiger partial charge in [0.15, 0.2) is 0 Å². The van der Waals surface area contributed by atoms with Crippen molar-refractivity contribution in [3.05, 3.63) is 48.0 Å². The van der Waals surface area contributed by atoms with Crippen LogP contribution < -0.4 is 5.14 Å². The van der Waals surface area contributed by atoms with Crippen LogP contribution in [0.5, 0.6) is 0 Å². The van der Waals surface area contributed by atoms with E-state index in [2.05, 4.69) is 35.2 Å². The second kappa shape index (κ2) is 7.19. The first-order valence-electron chi connectivity index (χ1n) is 8.31. The van der Waals surface area contributed by atoms with Gasteiger partial charge in [-0.3, -0.25) is 0 Å². The molecule has 1 heterocycles. The summed E-state index contributed by atoms with van der Waals surface area (Å²) in [6, 6.07) is 14.4. The molecule has 5 nitrogen and oxygen atoms in total. The molecule has 0 radical (unpaired) electrons. The zero-order chi connectivity index (χ0) is 17.2. The van der Waals surface area contributed by atoms with Crippen molar-refractivity contribution in [1.82, 2.24) is 4.90 Å². The minimum atomic E-state index is -3.44. The fourth-order valence-electron chi connectivity index (χ4n) is 3.42. The van der Waals surface area contributed by atoms with Gasteiger partial charge in [0, 0.05) is 6.54 Å². The van der Waals surface area contributed by atoms with Crippen LogP contribution in [0.4, 0.5) is 0 Å². The number of β-amino-alcohol motifs (C(OH)–C–C–N with tert-alkyl or cyclic N) is 1. The third-order valence-electron chi connectivity index (χ3n) is 4.75. The largest absolute Gasteiger partial charge is 0.391 e. The normalized spacial score (nSPS) is 18.8. The third-order valence-corrected chi connectivity index (χ3v) is 6.15. The van der Waals surface area contributed by atoms with E-state index in [0.29, 0.717) is 38.9 Å². The molecule has 0 bridgehead atoms. The maximum absolute atomic E-state index is 11.4. The zero-order valence-corrected chi connectivity index (χ0v) is 14.5. The fourth-order valence-corrected chi connectivity index (χ4v) is 4.29. The van der Waals surface area contributed by atoms with Crippen LogP contribution in [0.25, 0.3) is 10.8 Å². The molecule has 2 aromatic rings. The second-order valence-electron chi connectivity index (χ2n) is 6.63. The summed E-state index contributed by atoms with van der Waals surface area (Å²) in [4.78, 5) is 2.12. The van der Waals surface area contributed by atoms with Gasteiger partial charge in [0.05, 0.1) is 11.4 Å². The highest BCUT2D eigenvalue weighted by Crippen LogP contribution is 2.19. The van der Waals surface area contributed by atoms with E-state index in [1.807, 2.05) is 12.1 Å². The van der Waals surface area contributed by atoms with E-state index in [1.165, 1.54) is 10.8 Å². The average molecular weight is 348 g/mol. The number of benzene rings is 2. The van der Waals surface area contributed by atoms with Crippen molar-refractivity contribution in [2.45, 2.75) is 30.6 Å². The minimum absolute atomic E-state index is 0.439. The van der Waals surface area contributed by atoms with E-state index in [0.717, 1.165) is 5.56 Å². The molecule has 3 rings (SSSR count). The number of fused-ring (bicyclic) bond motifs is 1. The standard InChI is InChI=1S/C18H24N2O3S/c19-24(22,23)18-7-9-20(10-8-18)13-17(21)12-14-5-6-15-3-1-2-4-16(15)11-14/h1-6,11,17-18,21H,7-10,12-13H2,(H2,19,22,23). The maximum Gasteiger partial charge on any atom is 0.212 e. The van der Waals surface area contributed by atoms with Gasteiger partial charge in [0.1, 0.15) is 0 Å². The molecule has 0 aliphatic carbocycles. The van der Waals surface area contributed by atoms with Gasteiger partial charge in [0.2, 0.25) is 10.0 Å². The van der Waals surface area contributed by atoms with E-state index in [9.17, 15) is 13.5 Å². The van der Waals surface area contributed by atoms with E-state index in [-0.39, 0.29) is 0 Å². The van der Waals surface area contributed by atoms with Gasteiger partial charge in [-0.2, -0.15) is 0 Å². The highest BCUT2D eigenvalue weighted by atomic mass is 32.2. The number of nitrogens with zero attached hydrogens (tertiary/aromatic N) is 1. The van der Waals surface area contributed by atoms with Crippen molar-refractivity contribution in [2.75, 3.05) is 19.6 Å². The number of rotatable bonds is 5. The molecule has 130 valence electrons. The minimum Gasteiger partial charge on any atom is -0.391 e. The lowest BCUT2D eigenvalue weighted by Crippen LogP contribution is -2.44. The Kier molecular flexibility index (Phi) is 5.20. The number of nitrogens with two attached hydrogens (primary N) is 1. The number of aliphatic hydroxyl groups excluding tert-OH is 1. The van der Waals surface area contributed by atoms with Gasteiger partial charge in [-0.05, 0) is 48.7 Å². The van der Waals surface area contributed by atoms with Crippen molar-refractivity contribution in [3.8, 4) is 0 Å². The van der Waals surface area contributed by atoms with Crippen LogP contribution in [0, 0.1) is 0 Å². The van der Waals surface area contributed by atoms with E-state index in [4.69, 9.17) is 5.14 Å². The summed E-state index contributed by atoms with van der Waals surface area (Å²) in [7, 11) is -3.44. The molecule has 0 aromatic heterocycles. The fraction of sp³-hybridized carbons (Fsp3) is 0.444. The molecule has 0 saturated carbocycles. The first-order chi connectivity index (χ1) is 11.4. The smallest absolute Gasteiger partial charge is 0.212 e. The molecule has 1 aliphatic heterocycles. The molecule has 1 atom stereocenters. The summed E-state index contributed by atoms with van der Waals surface area (Å²) in [6.07, 6.45) is 1.22. The van der Waals surface area contributed by atoms with Crippen LogP contribution in [0.3, 0.4) is 0 Å². The third kappa shape index (κ3) is 4.33. The Bertz CT molecular complexity index is 799. The average Bonchev–Trinajstić information content (AvgIpc) is 2.54. The Labute approximate surface area is 143 Å². The summed E-state index contributed by atoms with van der Waals surface area (Å²) < 4.78 is 22.7. The van der Waals surface area contributed by atoms with Crippen LogP contribution in [0.15, 0.2) is 42.5 Å². The Hall–Kier alpha value is -1.47. The van der Waals surface area contributed by atoms with E-state index in [1.54, 1.807) is 0 Å². The van der Waals surface area contributed by atoms with Crippen molar-refractivity contribution >= 4 is 20.8 Å². The first kappa shape index (κ1) is 17.4. The Morgan fingerprint density at radius 2 is 1.79 bits per heavy atom. The van der Waals surface area contributed by atoms with Gasteiger partial charge >= 0.3 is 0 Å². The van der Waals surface area contributed by atoms with Gasteiger partial charge in [0.25, 0.3) is 0 Å². The van der Waals surface area contributed by atoms with E-state index < -0.39 is 21.4 Å². The highest BCUT2D eigenvalue weighted by molar-refractivity contribution is 7.89. The summed E-state index contributed by atoms with van der Waals surface area (Å²) in [6.45, 7) is 1.88. The Balaban J connectivity index is 1.54. The van der Waals surface area contributed by atoms with Gasteiger partial charge in [-0.1, -0.05) is 42.5 Å². The highest BCUT2D eigenvalue weighted by Gasteiger charge is 2.27. The van der Waals surface area contributed by atoms with Crippen LogP contribution in [0.1, 0.15) is 18.4 Å². The number of sulfonamides is 1. The Morgan fingerprint density at radius 3 is 2.46 bits per heavy atom. The number of hydrogen-bond donors (Lipinski definition) is 2. The predicted molar refractivity (Wildman–Crippen MR) is 96.2 cm³/mol. The lowest BCUT2D eigenvalue weighted by molar-refractivity contribution is 0.102. The van der Waals surface area contributed by atoms with Crippen LogP contribution in [-0.4, -0.2) is 49.4 Å². The molecule has 6 heteroatoms. The molecular formula is C18H24N2O3S. The lowest BCUT2D eigenvalue weighted by atomic mass is 10.0. The van der Waals surface area contributed by atoms with Crippen molar-refractivity contribution in [1.29, 1.82) is 0 Å². The predicted octanol–water partition coefficient (Wildman–Crippen LogP) is 1.50. The zero-order valence-electron chi connectivity index (χ0n) is 13.6. The second-order valence-corrected chi connectivity index (χ2v) is 8.47. The quantitative estimate of drug-likeness (QED) is 0.858. The van der Waals surface area contributed by atoms with Crippen LogP contribution in [0.2, 0.25) is 0 Å². The van der Waals surface area contributed by atoms with Crippen LogP contribution >= 0.6 is 0 Å². The Morgan fingerprint density at radius 1 is 1.12 bits per heavy atom. The molecule has 24 heavy (non-hydrogen) atoms. The first-order valence-corrected chi connectivity index (χ1v) is 9.92. The summed E-state index contributed by atoms with van der Waals surface area (Å²) in [5.41, 5.74) is 1.11. The number of piperidine rings is 1. The molecule has 3 N–H and O–H groups in total. The molecule has 1 fully saturated rings. The number of primary sulfonamides is 1. The monoisotopic (exact) mass is 348 g/mol. The molecule has 1 saturated heterocycles. The van der Waals surface area contributed by atoms with Crippen molar-refractivity contribution < 1.29 is 13.5 Å². The van der Waals surface area contributed by atoms with Gasteiger partial charge in [-0.15, -0.1) is 0 Å². The molecular weight excluding hydrogens is 324 g/mol. The van der Waals surface area contributed by atoms with Crippen molar-refractivity contribution in [3.63, 3.8) is 0 Å². The number of likely N-dealkylation sites (tertiary alicyclic amines) is 1. The van der Waals surface area contributed by atoms with Gasteiger partial charge in [-0.25, -0.2) is 13.6 Å². The van der Waals surface area contributed by atoms with Crippen molar-refractivity contribution in [2.24, 2.45) is 5.14 Å². The van der Waals surface area contributed by atoms with Gasteiger partial charge < -0.3 is 10.0 Å². The molecule has 0 spiro atoms. The summed E-state index contributed by atoms with van der Waals surface area (Å²) in [5.74, 6) is 0. The molecule has 1 unspecified atom stereocenters. The number of aliphatic hydroxyl groups is 1. The molecule has 0 amide bonds. The summed E-state index contributed by atoms with van der Waals surface area (Å²) in [5, 5.41) is 17.5. The lowest BCUT2D eigenvalue weighted by Gasteiger charge is -2.32. The topological polar surface area (TPSA) is 83.6 Å². The summed E-state index contributed by atoms with van der Waals surface area (Å²) >= 11 is 0. The van der Waals surface area contributed by atoms with Crippen LogP contribution in [-0.2, 0) is 16.4 Å².